The summed E-state index contributed by atoms with van der Waals surface area (Å²) in [6.07, 6.45) is 3.43. The van der Waals surface area contributed by atoms with Crippen molar-refractivity contribution in [1.82, 2.24) is 9.47 Å². The monoisotopic (exact) mass is 455 g/mol. The lowest BCUT2D eigenvalue weighted by Crippen LogP contribution is -2.30. The first-order valence-corrected chi connectivity index (χ1v) is 12.1. The van der Waals surface area contributed by atoms with Gasteiger partial charge in [0.2, 0.25) is 11.8 Å². The molecule has 2 aromatic carbocycles. The zero-order chi connectivity index (χ0) is 22.7. The number of sulfone groups is 1. The molecule has 0 unspecified atom stereocenters. The number of hydrogen-bond acceptors (Lipinski definition) is 5. The predicted octanol–water partition coefficient (Wildman–Crippen LogP) is 2.68. The zero-order valence-corrected chi connectivity index (χ0v) is 18.6. The molecule has 0 saturated carbocycles. The van der Waals surface area contributed by atoms with Crippen molar-refractivity contribution in [3.8, 4) is 5.75 Å². The first kappa shape index (κ1) is 21.9. The van der Waals surface area contributed by atoms with Gasteiger partial charge in [-0.3, -0.25) is 9.59 Å². The summed E-state index contributed by atoms with van der Waals surface area (Å²) in [6, 6.07) is 13.8. The van der Waals surface area contributed by atoms with E-state index in [0.29, 0.717) is 22.3 Å². The van der Waals surface area contributed by atoms with E-state index in [4.69, 9.17) is 4.74 Å². The summed E-state index contributed by atoms with van der Waals surface area (Å²) in [5, 5.41) is 3.09. The third-order valence-corrected chi connectivity index (χ3v) is 7.19. The van der Waals surface area contributed by atoms with Crippen LogP contribution in [0.4, 0.5) is 5.69 Å². The summed E-state index contributed by atoms with van der Waals surface area (Å²) in [4.78, 5) is 27.0. The van der Waals surface area contributed by atoms with Crippen molar-refractivity contribution in [1.29, 1.82) is 0 Å². The molecule has 0 atom stereocenters. The van der Waals surface area contributed by atoms with Gasteiger partial charge in [0.25, 0.3) is 0 Å². The third kappa shape index (κ3) is 4.47. The number of carbonyl (C=O) groups excluding carboxylic acids is 2. The van der Waals surface area contributed by atoms with Crippen LogP contribution in [-0.2, 0) is 26.0 Å². The molecular weight excluding hydrogens is 430 g/mol. The van der Waals surface area contributed by atoms with E-state index in [9.17, 15) is 18.0 Å². The topological polar surface area (TPSA) is 97.7 Å². The van der Waals surface area contributed by atoms with E-state index in [2.05, 4.69) is 5.32 Å². The first-order chi connectivity index (χ1) is 15.4. The van der Waals surface area contributed by atoms with Crippen LogP contribution in [0.5, 0.6) is 5.75 Å². The van der Waals surface area contributed by atoms with Crippen LogP contribution in [0.2, 0.25) is 0 Å². The number of hydrogen-bond donors (Lipinski definition) is 1. The maximum Gasteiger partial charge on any atom is 0.242 e. The fraction of sp³-hybridized carbons (Fsp3) is 0.304. The lowest BCUT2D eigenvalue weighted by Gasteiger charge is -2.15. The fourth-order valence-electron chi connectivity index (χ4n) is 3.99. The Labute approximate surface area is 186 Å². The van der Waals surface area contributed by atoms with Crippen LogP contribution in [0.25, 0.3) is 10.9 Å². The van der Waals surface area contributed by atoms with Gasteiger partial charge in [0.1, 0.15) is 18.0 Å². The predicted molar refractivity (Wildman–Crippen MR) is 121 cm³/mol. The Hall–Kier alpha value is -3.33. The number of anilines is 1. The maximum absolute atomic E-state index is 13.2. The molecular formula is C23H25N3O5S. The highest BCUT2D eigenvalue weighted by molar-refractivity contribution is 7.92. The minimum atomic E-state index is -3.96. The molecule has 1 saturated heterocycles. The molecule has 0 aliphatic carbocycles. The maximum atomic E-state index is 13.2. The number of likely N-dealkylation sites (tertiary alicyclic amines) is 1. The van der Waals surface area contributed by atoms with Gasteiger partial charge in [-0.2, -0.15) is 0 Å². The number of ether oxygens (including phenoxy) is 1. The van der Waals surface area contributed by atoms with Crippen molar-refractivity contribution in [2.45, 2.75) is 24.3 Å². The van der Waals surface area contributed by atoms with E-state index in [1.54, 1.807) is 58.0 Å². The Balaban J connectivity index is 1.59. The first-order valence-electron chi connectivity index (χ1n) is 10.4. The van der Waals surface area contributed by atoms with Crippen molar-refractivity contribution in [3.05, 3.63) is 54.7 Å². The number of fused-ring (bicyclic) bond motifs is 1. The number of methoxy groups -OCH3 is 1. The summed E-state index contributed by atoms with van der Waals surface area (Å²) in [6.45, 7) is 1.52. The normalized spacial score (nSPS) is 14.0. The standard InChI is InChI=1S/C23H25N3O5S/c1-31-20-11-5-3-9-18(20)24-22(27)16-32(29,30)21-14-26(19-10-4-2-8-17(19)21)15-23(28)25-12-6-7-13-25/h2-5,8-11,14H,6-7,12-13,15-16H2,1H3,(H,24,27). The smallest absolute Gasteiger partial charge is 0.242 e. The summed E-state index contributed by atoms with van der Waals surface area (Å²) in [7, 11) is -2.49. The number of rotatable bonds is 7. The molecule has 32 heavy (non-hydrogen) atoms. The zero-order valence-electron chi connectivity index (χ0n) is 17.8. The van der Waals surface area contributed by atoms with Gasteiger partial charge in [-0.25, -0.2) is 8.42 Å². The average molecular weight is 456 g/mol. The molecule has 3 aromatic rings. The van der Waals surface area contributed by atoms with Gasteiger partial charge in [0, 0.05) is 30.2 Å². The van der Waals surface area contributed by atoms with Crippen LogP contribution in [-0.4, -0.2) is 55.7 Å². The Bertz CT molecular complexity index is 1260. The van der Waals surface area contributed by atoms with Crippen LogP contribution in [0.3, 0.4) is 0 Å². The molecule has 8 nitrogen and oxygen atoms in total. The van der Waals surface area contributed by atoms with E-state index in [0.717, 1.165) is 25.9 Å². The third-order valence-electron chi connectivity index (χ3n) is 5.55. The molecule has 0 spiro atoms. The SMILES string of the molecule is COc1ccccc1NC(=O)CS(=O)(=O)c1cn(CC(=O)N2CCCC2)c2ccccc12. The number of aromatic nitrogens is 1. The number of carbonyl (C=O) groups is 2. The molecule has 9 heteroatoms. The van der Waals surface area contributed by atoms with Gasteiger partial charge in [0.15, 0.2) is 9.84 Å². The van der Waals surface area contributed by atoms with Crippen LogP contribution in [0.1, 0.15) is 12.8 Å². The van der Waals surface area contributed by atoms with Crippen LogP contribution in [0, 0.1) is 0 Å². The van der Waals surface area contributed by atoms with Crippen molar-refractivity contribution in [2.24, 2.45) is 0 Å². The van der Waals surface area contributed by atoms with Crippen molar-refractivity contribution >= 4 is 38.2 Å². The molecule has 4 rings (SSSR count). The lowest BCUT2D eigenvalue weighted by atomic mass is 10.2. The summed E-state index contributed by atoms with van der Waals surface area (Å²) in [5.41, 5.74) is 1.04. The van der Waals surface area contributed by atoms with Crippen molar-refractivity contribution < 1.29 is 22.7 Å². The minimum Gasteiger partial charge on any atom is -0.495 e. The largest absolute Gasteiger partial charge is 0.495 e. The van der Waals surface area contributed by atoms with Crippen LogP contribution in [0.15, 0.2) is 59.6 Å². The quantitative estimate of drug-likeness (QED) is 0.591. The van der Waals surface area contributed by atoms with E-state index in [-0.39, 0.29) is 17.3 Å². The number of benzene rings is 2. The Morgan fingerprint density at radius 2 is 1.72 bits per heavy atom. The average Bonchev–Trinajstić information content (AvgIpc) is 3.43. The van der Waals surface area contributed by atoms with Gasteiger partial charge in [0.05, 0.1) is 17.7 Å². The number of nitrogens with zero attached hydrogens (tertiary/aromatic N) is 2. The second kappa shape index (κ2) is 9.04. The van der Waals surface area contributed by atoms with Gasteiger partial charge in [-0.05, 0) is 31.0 Å². The molecule has 2 heterocycles. The molecule has 1 N–H and O–H groups in total. The van der Waals surface area contributed by atoms with Gasteiger partial charge in [-0.15, -0.1) is 0 Å². The molecule has 0 bridgehead atoms. The van der Waals surface area contributed by atoms with Crippen LogP contribution < -0.4 is 10.1 Å². The van der Waals surface area contributed by atoms with E-state index < -0.39 is 21.5 Å². The molecule has 1 aliphatic heterocycles. The molecule has 0 radical (unpaired) electrons. The van der Waals surface area contributed by atoms with Crippen LogP contribution >= 0.6 is 0 Å². The number of amides is 2. The molecule has 1 aliphatic rings. The summed E-state index contributed by atoms with van der Waals surface area (Å²) < 4.78 is 33.2. The Morgan fingerprint density at radius 3 is 2.47 bits per heavy atom. The Morgan fingerprint density at radius 1 is 1.03 bits per heavy atom. The van der Waals surface area contributed by atoms with E-state index in [1.165, 1.54) is 13.3 Å². The Kier molecular flexibility index (Phi) is 6.18. The summed E-state index contributed by atoms with van der Waals surface area (Å²) >= 11 is 0. The highest BCUT2D eigenvalue weighted by Gasteiger charge is 2.26. The number of para-hydroxylation sites is 3. The molecule has 1 aromatic heterocycles. The number of nitrogens with one attached hydrogen (secondary N) is 1. The van der Waals surface area contributed by atoms with Crippen molar-refractivity contribution in [3.63, 3.8) is 0 Å². The highest BCUT2D eigenvalue weighted by atomic mass is 32.2. The van der Waals surface area contributed by atoms with E-state index in [1.807, 2.05) is 0 Å². The summed E-state index contributed by atoms with van der Waals surface area (Å²) in [5.74, 6) is -0.991. The van der Waals surface area contributed by atoms with Gasteiger partial charge in [-0.1, -0.05) is 30.3 Å². The second-order valence-corrected chi connectivity index (χ2v) is 9.69. The second-order valence-electron chi connectivity index (χ2n) is 7.73. The van der Waals surface area contributed by atoms with Gasteiger partial charge >= 0.3 is 0 Å². The molecule has 1 fully saturated rings. The fourth-order valence-corrected chi connectivity index (χ4v) is 5.36. The van der Waals surface area contributed by atoms with E-state index >= 15 is 0 Å². The molecule has 168 valence electrons. The molecule has 2 amide bonds. The highest BCUT2D eigenvalue weighted by Crippen LogP contribution is 2.28. The lowest BCUT2D eigenvalue weighted by molar-refractivity contribution is -0.130. The van der Waals surface area contributed by atoms with Crippen molar-refractivity contribution in [2.75, 3.05) is 31.3 Å². The van der Waals surface area contributed by atoms with Gasteiger partial charge < -0.3 is 19.5 Å². The minimum absolute atomic E-state index is 0.0394.